The first-order valence-corrected chi connectivity index (χ1v) is 7.18. The standard InChI is InChI=1S/C15H24F2O/c1-3-18-13-9-8-12(14(16)15(13)17)11-6-4-10(2)5-7-11/h3,10-15H,1,4-9H2,2H3. The maximum Gasteiger partial charge on any atom is 0.168 e. The summed E-state index contributed by atoms with van der Waals surface area (Å²) in [6, 6.07) is 0. The Hall–Kier alpha value is -0.600. The predicted octanol–water partition coefficient (Wildman–Crippen LogP) is 4.43. The first-order chi connectivity index (χ1) is 8.63. The minimum Gasteiger partial charge on any atom is -0.495 e. The molecule has 0 spiro atoms. The molecule has 2 fully saturated rings. The van der Waals surface area contributed by atoms with Gasteiger partial charge < -0.3 is 4.74 Å². The number of halogens is 2. The van der Waals surface area contributed by atoms with E-state index in [4.69, 9.17) is 4.74 Å². The Morgan fingerprint density at radius 1 is 1.00 bits per heavy atom. The second-order valence-electron chi connectivity index (χ2n) is 5.99. The van der Waals surface area contributed by atoms with Gasteiger partial charge in [0.2, 0.25) is 0 Å². The Bertz CT molecular complexity index is 274. The minimum atomic E-state index is -1.49. The van der Waals surface area contributed by atoms with Crippen molar-refractivity contribution in [3.8, 4) is 0 Å². The van der Waals surface area contributed by atoms with Crippen LogP contribution in [0.25, 0.3) is 0 Å². The largest absolute Gasteiger partial charge is 0.495 e. The molecule has 0 saturated heterocycles. The topological polar surface area (TPSA) is 9.23 Å². The van der Waals surface area contributed by atoms with E-state index in [2.05, 4.69) is 13.5 Å². The molecular weight excluding hydrogens is 234 g/mol. The van der Waals surface area contributed by atoms with Crippen molar-refractivity contribution < 1.29 is 13.5 Å². The Morgan fingerprint density at radius 3 is 2.28 bits per heavy atom. The van der Waals surface area contributed by atoms with Gasteiger partial charge in [0.05, 0.1) is 6.26 Å². The van der Waals surface area contributed by atoms with Gasteiger partial charge in [-0.2, -0.15) is 0 Å². The molecule has 4 unspecified atom stereocenters. The van der Waals surface area contributed by atoms with E-state index in [9.17, 15) is 8.78 Å². The van der Waals surface area contributed by atoms with Gasteiger partial charge in [0.15, 0.2) is 6.17 Å². The molecule has 3 heteroatoms. The molecule has 0 N–H and O–H groups in total. The van der Waals surface area contributed by atoms with E-state index < -0.39 is 18.4 Å². The van der Waals surface area contributed by atoms with Crippen LogP contribution >= 0.6 is 0 Å². The van der Waals surface area contributed by atoms with Gasteiger partial charge in [0, 0.05) is 0 Å². The Morgan fingerprint density at radius 2 is 1.67 bits per heavy atom. The highest BCUT2D eigenvalue weighted by atomic mass is 19.2. The molecule has 2 aliphatic carbocycles. The predicted molar refractivity (Wildman–Crippen MR) is 68.7 cm³/mol. The zero-order valence-electron chi connectivity index (χ0n) is 11.2. The molecule has 0 aromatic heterocycles. The van der Waals surface area contributed by atoms with Gasteiger partial charge in [0.25, 0.3) is 0 Å². The Balaban J connectivity index is 1.93. The fourth-order valence-electron chi connectivity index (χ4n) is 3.59. The summed E-state index contributed by atoms with van der Waals surface area (Å²) in [5.74, 6) is 1.03. The average Bonchev–Trinajstić information content (AvgIpc) is 2.37. The minimum absolute atomic E-state index is 0.0998. The molecular formula is C15H24F2O. The zero-order valence-corrected chi connectivity index (χ0v) is 11.2. The van der Waals surface area contributed by atoms with Crippen molar-refractivity contribution in [1.29, 1.82) is 0 Å². The van der Waals surface area contributed by atoms with Crippen molar-refractivity contribution in [2.45, 2.75) is 63.9 Å². The molecule has 1 nitrogen and oxygen atoms in total. The summed E-state index contributed by atoms with van der Waals surface area (Å²) in [6.45, 7) is 5.67. The third-order valence-electron chi connectivity index (χ3n) is 4.79. The van der Waals surface area contributed by atoms with E-state index in [1.54, 1.807) is 0 Å². The molecule has 2 aliphatic rings. The summed E-state index contributed by atoms with van der Waals surface area (Å²) in [4.78, 5) is 0. The molecule has 2 rings (SSSR count). The number of rotatable bonds is 3. The van der Waals surface area contributed by atoms with Crippen LogP contribution in [0, 0.1) is 17.8 Å². The molecule has 0 amide bonds. The van der Waals surface area contributed by atoms with Crippen LogP contribution in [0.3, 0.4) is 0 Å². The first kappa shape index (κ1) is 13.8. The molecule has 0 aromatic carbocycles. The van der Waals surface area contributed by atoms with Crippen molar-refractivity contribution >= 4 is 0 Å². The molecule has 0 aromatic rings. The van der Waals surface area contributed by atoms with Crippen molar-refractivity contribution in [3.63, 3.8) is 0 Å². The molecule has 0 bridgehead atoms. The molecule has 2 saturated carbocycles. The van der Waals surface area contributed by atoms with E-state index in [1.165, 1.54) is 6.26 Å². The number of ether oxygens (including phenoxy) is 1. The quantitative estimate of drug-likeness (QED) is 0.680. The first-order valence-electron chi connectivity index (χ1n) is 7.18. The third kappa shape index (κ3) is 2.86. The van der Waals surface area contributed by atoms with Crippen LogP contribution in [0.4, 0.5) is 8.78 Å². The molecule has 18 heavy (non-hydrogen) atoms. The molecule has 104 valence electrons. The van der Waals surface area contributed by atoms with Crippen molar-refractivity contribution in [2.24, 2.45) is 17.8 Å². The zero-order chi connectivity index (χ0) is 13.1. The van der Waals surface area contributed by atoms with Crippen LogP contribution < -0.4 is 0 Å². The maximum absolute atomic E-state index is 14.2. The van der Waals surface area contributed by atoms with Crippen LogP contribution in [-0.4, -0.2) is 18.4 Å². The summed E-state index contributed by atoms with van der Waals surface area (Å²) in [6.07, 6.45) is 3.57. The van der Waals surface area contributed by atoms with Gasteiger partial charge in [-0.05, 0) is 43.4 Å². The second kappa shape index (κ2) is 6.03. The Kier molecular flexibility index (Phi) is 4.63. The van der Waals surface area contributed by atoms with Crippen LogP contribution in [0.2, 0.25) is 0 Å². The maximum atomic E-state index is 14.2. The van der Waals surface area contributed by atoms with E-state index in [-0.39, 0.29) is 5.92 Å². The normalized spacial score (nSPS) is 45.5. The third-order valence-corrected chi connectivity index (χ3v) is 4.79. The van der Waals surface area contributed by atoms with Crippen LogP contribution in [0.15, 0.2) is 12.8 Å². The van der Waals surface area contributed by atoms with Gasteiger partial charge >= 0.3 is 0 Å². The smallest absolute Gasteiger partial charge is 0.168 e. The van der Waals surface area contributed by atoms with Crippen molar-refractivity contribution in [1.82, 2.24) is 0 Å². The van der Waals surface area contributed by atoms with Crippen molar-refractivity contribution in [3.05, 3.63) is 12.8 Å². The SMILES string of the molecule is C=COC1CCC(C2CCC(C)CC2)C(F)C1F. The molecule has 4 atom stereocenters. The van der Waals surface area contributed by atoms with E-state index in [0.29, 0.717) is 12.3 Å². The fourth-order valence-corrected chi connectivity index (χ4v) is 3.59. The average molecular weight is 258 g/mol. The lowest BCUT2D eigenvalue weighted by Crippen LogP contribution is -2.45. The molecule has 0 radical (unpaired) electrons. The van der Waals surface area contributed by atoms with Gasteiger partial charge in [-0.25, -0.2) is 8.78 Å². The summed E-state index contributed by atoms with van der Waals surface area (Å²) >= 11 is 0. The monoisotopic (exact) mass is 258 g/mol. The van der Waals surface area contributed by atoms with Crippen LogP contribution in [-0.2, 0) is 4.74 Å². The van der Waals surface area contributed by atoms with Gasteiger partial charge in [-0.1, -0.05) is 26.3 Å². The van der Waals surface area contributed by atoms with Gasteiger partial charge in [-0.3, -0.25) is 0 Å². The van der Waals surface area contributed by atoms with Crippen LogP contribution in [0.5, 0.6) is 0 Å². The van der Waals surface area contributed by atoms with Gasteiger partial charge in [-0.15, -0.1) is 0 Å². The van der Waals surface area contributed by atoms with E-state index >= 15 is 0 Å². The summed E-state index contributed by atoms with van der Waals surface area (Å²) in [5, 5.41) is 0. The highest BCUT2D eigenvalue weighted by molar-refractivity contribution is 4.93. The Labute approximate surface area is 109 Å². The molecule has 0 aliphatic heterocycles. The van der Waals surface area contributed by atoms with E-state index in [0.717, 1.165) is 38.0 Å². The summed E-state index contributed by atoms with van der Waals surface area (Å²) in [5.41, 5.74) is 0. The fraction of sp³-hybridized carbons (Fsp3) is 0.867. The second-order valence-corrected chi connectivity index (χ2v) is 5.99. The lowest BCUT2D eigenvalue weighted by atomic mass is 9.69. The van der Waals surface area contributed by atoms with Gasteiger partial charge in [0.1, 0.15) is 12.3 Å². The van der Waals surface area contributed by atoms with Crippen LogP contribution in [0.1, 0.15) is 45.4 Å². The number of hydrogen-bond donors (Lipinski definition) is 0. The van der Waals surface area contributed by atoms with Crippen molar-refractivity contribution in [2.75, 3.05) is 0 Å². The number of hydrogen-bond acceptors (Lipinski definition) is 1. The summed E-state index contributed by atoms with van der Waals surface area (Å²) < 4.78 is 33.2. The summed E-state index contributed by atoms with van der Waals surface area (Å²) in [7, 11) is 0. The van der Waals surface area contributed by atoms with E-state index in [1.807, 2.05) is 0 Å². The highest BCUT2D eigenvalue weighted by Crippen LogP contribution is 2.42. The number of alkyl halides is 2. The highest BCUT2D eigenvalue weighted by Gasteiger charge is 2.44. The molecule has 0 heterocycles. The lowest BCUT2D eigenvalue weighted by Gasteiger charge is -2.40. The lowest BCUT2D eigenvalue weighted by molar-refractivity contribution is -0.0595.